The van der Waals surface area contributed by atoms with Gasteiger partial charge in [-0.15, -0.1) is 11.3 Å². The normalized spacial score (nSPS) is 11.5. The van der Waals surface area contributed by atoms with E-state index in [-0.39, 0.29) is 5.41 Å². The van der Waals surface area contributed by atoms with Crippen molar-refractivity contribution in [1.29, 1.82) is 0 Å². The minimum absolute atomic E-state index is 0.0822. The topological polar surface area (TPSA) is 38.0 Å². The first-order valence-electron chi connectivity index (χ1n) is 5.82. The number of nitrogens with one attached hydrogen (secondary N) is 1. The summed E-state index contributed by atoms with van der Waals surface area (Å²) in [6.45, 7) is 5.27. The molecule has 2 rings (SSSR count). The zero-order valence-corrected chi connectivity index (χ0v) is 12.1. The average Bonchev–Trinajstić information content (AvgIpc) is 2.82. The summed E-state index contributed by atoms with van der Waals surface area (Å²) in [6, 6.07) is 9.78. The zero-order valence-electron chi connectivity index (χ0n) is 10.5. The van der Waals surface area contributed by atoms with Gasteiger partial charge in [-0.05, 0) is 29.6 Å². The predicted octanol–water partition coefficient (Wildman–Crippen LogP) is 4.37. The lowest BCUT2D eigenvalue weighted by atomic mass is 9.91. The molecule has 1 aromatic carbocycles. The van der Waals surface area contributed by atoms with E-state index >= 15 is 0 Å². The van der Waals surface area contributed by atoms with Crippen molar-refractivity contribution in [3.8, 4) is 0 Å². The van der Waals surface area contributed by atoms with Gasteiger partial charge in [-0.2, -0.15) is 0 Å². The van der Waals surface area contributed by atoms with E-state index in [0.29, 0.717) is 10.7 Å². The maximum absolute atomic E-state index is 6.14. The molecule has 1 aromatic heterocycles. The summed E-state index contributed by atoms with van der Waals surface area (Å²) in [4.78, 5) is 1.36. The molecule has 0 fully saturated rings. The molecule has 0 saturated heterocycles. The van der Waals surface area contributed by atoms with Gasteiger partial charge in [-0.3, -0.25) is 0 Å². The van der Waals surface area contributed by atoms with Crippen LogP contribution >= 0.6 is 22.9 Å². The molecule has 0 saturated carbocycles. The lowest BCUT2D eigenvalue weighted by Gasteiger charge is -2.24. The Morgan fingerprint density at radius 1 is 1.33 bits per heavy atom. The van der Waals surface area contributed by atoms with Gasteiger partial charge in [-0.1, -0.05) is 31.5 Å². The highest BCUT2D eigenvalue weighted by molar-refractivity contribution is 7.10. The summed E-state index contributed by atoms with van der Waals surface area (Å²) >= 11 is 7.92. The predicted molar refractivity (Wildman–Crippen MR) is 81.7 cm³/mol. The summed E-state index contributed by atoms with van der Waals surface area (Å²) < 4.78 is 0. The number of nitrogen functional groups attached to an aromatic ring is 1. The molecule has 0 radical (unpaired) electrons. The minimum Gasteiger partial charge on any atom is -0.399 e. The first-order valence-corrected chi connectivity index (χ1v) is 7.08. The van der Waals surface area contributed by atoms with Crippen molar-refractivity contribution < 1.29 is 0 Å². The van der Waals surface area contributed by atoms with E-state index in [9.17, 15) is 0 Å². The average molecular weight is 281 g/mol. The third-order valence-corrected chi connectivity index (χ3v) is 4.45. The standard InChI is InChI=1S/C14H17ClN2S/c1-14(2,13-4-3-7-18-13)9-17-12-6-5-10(16)8-11(12)15/h3-8,17H,9,16H2,1-2H3. The number of hydrogen-bond donors (Lipinski definition) is 2. The summed E-state index contributed by atoms with van der Waals surface area (Å²) in [7, 11) is 0. The van der Waals surface area contributed by atoms with E-state index in [1.54, 1.807) is 17.4 Å². The Bertz CT molecular complexity index is 521. The number of thiophene rings is 1. The molecule has 0 aliphatic rings. The van der Waals surface area contributed by atoms with Crippen molar-refractivity contribution >= 4 is 34.3 Å². The summed E-state index contributed by atoms with van der Waals surface area (Å²) in [5.41, 5.74) is 7.37. The third kappa shape index (κ3) is 2.98. The Labute approximate surface area is 117 Å². The molecule has 0 aliphatic heterocycles. The number of halogens is 1. The first kappa shape index (κ1) is 13.2. The summed E-state index contributed by atoms with van der Waals surface area (Å²) in [5, 5.41) is 6.16. The Balaban J connectivity index is 2.07. The molecule has 1 heterocycles. The van der Waals surface area contributed by atoms with Gasteiger partial charge >= 0.3 is 0 Å². The Hall–Kier alpha value is -1.19. The largest absolute Gasteiger partial charge is 0.399 e. The number of hydrogen-bond acceptors (Lipinski definition) is 3. The highest BCUT2D eigenvalue weighted by Gasteiger charge is 2.21. The molecular formula is C14H17ClN2S. The molecule has 0 aliphatic carbocycles. The second-order valence-electron chi connectivity index (χ2n) is 4.95. The van der Waals surface area contributed by atoms with Crippen molar-refractivity contribution in [2.24, 2.45) is 0 Å². The van der Waals surface area contributed by atoms with Gasteiger partial charge in [0.15, 0.2) is 0 Å². The maximum Gasteiger partial charge on any atom is 0.0657 e. The van der Waals surface area contributed by atoms with Crippen LogP contribution in [0.3, 0.4) is 0 Å². The van der Waals surface area contributed by atoms with Gasteiger partial charge in [0.2, 0.25) is 0 Å². The van der Waals surface area contributed by atoms with E-state index in [2.05, 4.69) is 36.7 Å². The lowest BCUT2D eigenvalue weighted by molar-refractivity contribution is 0.569. The number of nitrogens with two attached hydrogens (primary N) is 1. The van der Waals surface area contributed by atoms with Crippen LogP contribution in [0.5, 0.6) is 0 Å². The van der Waals surface area contributed by atoms with Crippen LogP contribution in [0.15, 0.2) is 35.7 Å². The molecule has 2 nitrogen and oxygen atoms in total. The Morgan fingerprint density at radius 3 is 2.72 bits per heavy atom. The van der Waals surface area contributed by atoms with Gasteiger partial charge in [0.1, 0.15) is 0 Å². The van der Waals surface area contributed by atoms with Crippen LogP contribution in [0.2, 0.25) is 5.02 Å². The monoisotopic (exact) mass is 280 g/mol. The second-order valence-corrected chi connectivity index (χ2v) is 6.31. The van der Waals surface area contributed by atoms with Crippen LogP contribution in [0, 0.1) is 0 Å². The fourth-order valence-corrected chi connectivity index (χ4v) is 2.85. The van der Waals surface area contributed by atoms with Crippen molar-refractivity contribution in [1.82, 2.24) is 0 Å². The molecule has 0 unspecified atom stereocenters. The highest BCUT2D eigenvalue weighted by atomic mass is 35.5. The van der Waals surface area contributed by atoms with Gasteiger partial charge in [0, 0.05) is 22.5 Å². The summed E-state index contributed by atoms with van der Waals surface area (Å²) in [5.74, 6) is 0. The zero-order chi connectivity index (χ0) is 13.2. The quantitative estimate of drug-likeness (QED) is 0.816. The SMILES string of the molecule is CC(C)(CNc1ccc(N)cc1Cl)c1cccs1. The Kier molecular flexibility index (Phi) is 3.83. The van der Waals surface area contributed by atoms with Gasteiger partial charge < -0.3 is 11.1 Å². The van der Waals surface area contributed by atoms with E-state index in [1.807, 2.05) is 12.1 Å². The van der Waals surface area contributed by atoms with Crippen molar-refractivity contribution in [3.05, 3.63) is 45.6 Å². The fourth-order valence-electron chi connectivity index (χ4n) is 1.74. The molecule has 0 spiro atoms. The molecule has 4 heteroatoms. The number of anilines is 2. The van der Waals surface area contributed by atoms with E-state index < -0.39 is 0 Å². The maximum atomic E-state index is 6.14. The van der Waals surface area contributed by atoms with E-state index in [0.717, 1.165) is 12.2 Å². The van der Waals surface area contributed by atoms with Gasteiger partial charge in [0.05, 0.1) is 10.7 Å². The van der Waals surface area contributed by atoms with Crippen LogP contribution in [0.4, 0.5) is 11.4 Å². The smallest absolute Gasteiger partial charge is 0.0657 e. The lowest BCUT2D eigenvalue weighted by Crippen LogP contribution is -2.26. The molecule has 0 atom stereocenters. The van der Waals surface area contributed by atoms with E-state index in [4.69, 9.17) is 17.3 Å². The van der Waals surface area contributed by atoms with Crippen molar-refractivity contribution in [2.45, 2.75) is 19.3 Å². The molecular weight excluding hydrogens is 264 g/mol. The molecule has 3 N–H and O–H groups in total. The molecule has 0 bridgehead atoms. The van der Waals surface area contributed by atoms with Crippen LogP contribution in [-0.2, 0) is 5.41 Å². The van der Waals surface area contributed by atoms with Crippen LogP contribution in [0.25, 0.3) is 0 Å². The van der Waals surface area contributed by atoms with Crippen LogP contribution in [0.1, 0.15) is 18.7 Å². The Morgan fingerprint density at radius 2 is 2.11 bits per heavy atom. The van der Waals surface area contributed by atoms with E-state index in [1.165, 1.54) is 4.88 Å². The molecule has 0 amide bonds. The molecule has 96 valence electrons. The van der Waals surface area contributed by atoms with Gasteiger partial charge in [0.25, 0.3) is 0 Å². The second kappa shape index (κ2) is 5.21. The fraction of sp³-hybridized carbons (Fsp3) is 0.286. The van der Waals surface area contributed by atoms with Crippen LogP contribution in [-0.4, -0.2) is 6.54 Å². The van der Waals surface area contributed by atoms with Crippen LogP contribution < -0.4 is 11.1 Å². The van der Waals surface area contributed by atoms with Gasteiger partial charge in [-0.25, -0.2) is 0 Å². The highest BCUT2D eigenvalue weighted by Crippen LogP contribution is 2.30. The summed E-state index contributed by atoms with van der Waals surface area (Å²) in [6.07, 6.45) is 0. The molecule has 18 heavy (non-hydrogen) atoms. The van der Waals surface area contributed by atoms with Crippen molar-refractivity contribution in [3.63, 3.8) is 0 Å². The minimum atomic E-state index is 0.0822. The first-order chi connectivity index (χ1) is 8.49. The third-order valence-electron chi connectivity index (χ3n) is 2.90. The van der Waals surface area contributed by atoms with Crippen molar-refractivity contribution in [2.75, 3.05) is 17.6 Å². The number of benzene rings is 1. The molecule has 2 aromatic rings. The number of rotatable bonds is 4.